The Hall–Kier alpha value is -1.52. The highest BCUT2D eigenvalue weighted by atomic mass is 35.5. The fourth-order valence-electron chi connectivity index (χ4n) is 2.73. The Morgan fingerprint density at radius 1 is 1.50 bits per heavy atom. The van der Waals surface area contributed by atoms with Crippen molar-refractivity contribution in [2.45, 2.75) is 19.3 Å². The summed E-state index contributed by atoms with van der Waals surface area (Å²) < 4.78 is 0. The predicted molar refractivity (Wildman–Crippen MR) is 71.2 cm³/mol. The van der Waals surface area contributed by atoms with Crippen molar-refractivity contribution in [2.24, 2.45) is 11.8 Å². The van der Waals surface area contributed by atoms with Gasteiger partial charge in [-0.05, 0) is 43.0 Å². The molecule has 5 heteroatoms. The number of nitrogens with two attached hydrogens (primary N) is 1. The maximum absolute atomic E-state index is 11.6. The molecule has 2 aromatic rings. The SMILES string of the molecule is NNC(=O)C1CCc2[nH]c3ccc(Cl)cc3c2C1. The summed E-state index contributed by atoms with van der Waals surface area (Å²) in [6.07, 6.45) is 2.43. The minimum absolute atomic E-state index is 0.0412. The number of hydrogen-bond donors (Lipinski definition) is 3. The summed E-state index contributed by atoms with van der Waals surface area (Å²) in [5.41, 5.74) is 5.74. The number of nitrogens with one attached hydrogen (secondary N) is 2. The van der Waals surface area contributed by atoms with Crippen LogP contribution in [0.4, 0.5) is 0 Å². The van der Waals surface area contributed by atoms with Crippen LogP contribution in [0, 0.1) is 5.92 Å². The second kappa shape index (κ2) is 4.30. The molecule has 1 aliphatic rings. The molecule has 1 aromatic heterocycles. The summed E-state index contributed by atoms with van der Waals surface area (Å²) in [6, 6.07) is 5.80. The minimum Gasteiger partial charge on any atom is -0.358 e. The number of carbonyl (C=O) groups is 1. The monoisotopic (exact) mass is 263 g/mol. The minimum atomic E-state index is -0.0861. The molecule has 4 nitrogen and oxygen atoms in total. The zero-order valence-electron chi connectivity index (χ0n) is 9.79. The number of fused-ring (bicyclic) bond motifs is 3. The number of H-pyrrole nitrogens is 1. The molecule has 3 rings (SSSR count). The van der Waals surface area contributed by atoms with Gasteiger partial charge in [0, 0.05) is 27.5 Å². The second-order valence-electron chi connectivity index (χ2n) is 4.72. The Morgan fingerprint density at radius 3 is 3.11 bits per heavy atom. The number of hydrazine groups is 1. The van der Waals surface area contributed by atoms with Gasteiger partial charge in [0.05, 0.1) is 0 Å². The van der Waals surface area contributed by atoms with Crippen molar-refractivity contribution < 1.29 is 4.79 Å². The highest BCUT2D eigenvalue weighted by molar-refractivity contribution is 6.31. The van der Waals surface area contributed by atoms with E-state index in [0.29, 0.717) is 0 Å². The first-order valence-corrected chi connectivity index (χ1v) is 6.36. The van der Waals surface area contributed by atoms with E-state index in [2.05, 4.69) is 10.4 Å². The molecular weight excluding hydrogens is 250 g/mol. The molecule has 1 heterocycles. The van der Waals surface area contributed by atoms with Crippen LogP contribution < -0.4 is 11.3 Å². The Kier molecular flexibility index (Phi) is 2.76. The van der Waals surface area contributed by atoms with Crippen LogP contribution in [-0.2, 0) is 17.6 Å². The molecule has 1 amide bonds. The van der Waals surface area contributed by atoms with E-state index in [1.54, 1.807) is 0 Å². The van der Waals surface area contributed by atoms with E-state index in [9.17, 15) is 4.79 Å². The molecule has 0 aliphatic heterocycles. The first kappa shape index (κ1) is 11.6. The average molecular weight is 264 g/mol. The summed E-state index contributed by atoms with van der Waals surface area (Å²) in [4.78, 5) is 15.0. The lowest BCUT2D eigenvalue weighted by atomic mass is 9.86. The molecule has 0 bridgehead atoms. The van der Waals surface area contributed by atoms with Crippen molar-refractivity contribution in [3.05, 3.63) is 34.5 Å². The average Bonchev–Trinajstić information content (AvgIpc) is 2.75. The maximum Gasteiger partial charge on any atom is 0.237 e. The molecule has 0 saturated carbocycles. The molecule has 0 radical (unpaired) electrons. The van der Waals surface area contributed by atoms with Crippen molar-refractivity contribution in [3.63, 3.8) is 0 Å². The van der Waals surface area contributed by atoms with Gasteiger partial charge >= 0.3 is 0 Å². The number of hydrogen-bond acceptors (Lipinski definition) is 2. The van der Waals surface area contributed by atoms with E-state index in [1.807, 2.05) is 18.2 Å². The van der Waals surface area contributed by atoms with Gasteiger partial charge in [-0.15, -0.1) is 0 Å². The predicted octanol–water partition coefficient (Wildman–Crippen LogP) is 1.92. The first-order chi connectivity index (χ1) is 8.69. The van der Waals surface area contributed by atoms with Crippen molar-refractivity contribution in [2.75, 3.05) is 0 Å². The standard InChI is InChI=1S/C13H14ClN3O/c14-8-2-4-12-10(6-8)9-5-7(13(18)17-15)1-3-11(9)16-12/h2,4,6-7,16H,1,3,5,15H2,(H,17,18). The number of halogens is 1. The maximum atomic E-state index is 11.6. The Morgan fingerprint density at radius 2 is 2.33 bits per heavy atom. The quantitative estimate of drug-likeness (QED) is 0.418. The summed E-state index contributed by atoms with van der Waals surface area (Å²) >= 11 is 6.03. The number of amides is 1. The summed E-state index contributed by atoms with van der Waals surface area (Å²) in [6.45, 7) is 0. The smallest absolute Gasteiger partial charge is 0.237 e. The third-order valence-corrected chi connectivity index (χ3v) is 3.90. The molecule has 1 unspecified atom stereocenters. The van der Waals surface area contributed by atoms with Crippen molar-refractivity contribution in [1.29, 1.82) is 0 Å². The fraction of sp³-hybridized carbons (Fsp3) is 0.308. The molecule has 1 aliphatic carbocycles. The number of aromatic amines is 1. The number of rotatable bonds is 1. The van der Waals surface area contributed by atoms with Gasteiger partial charge in [0.2, 0.25) is 5.91 Å². The number of aromatic nitrogens is 1. The van der Waals surface area contributed by atoms with Crippen LogP contribution in [0.5, 0.6) is 0 Å². The van der Waals surface area contributed by atoms with E-state index in [0.717, 1.165) is 35.2 Å². The molecule has 0 fully saturated rings. The molecule has 1 atom stereocenters. The molecule has 0 saturated heterocycles. The second-order valence-corrected chi connectivity index (χ2v) is 5.16. The zero-order valence-corrected chi connectivity index (χ0v) is 10.6. The van der Waals surface area contributed by atoms with Crippen molar-refractivity contribution in [1.82, 2.24) is 10.4 Å². The lowest BCUT2D eigenvalue weighted by Crippen LogP contribution is -2.38. The zero-order chi connectivity index (χ0) is 12.7. The van der Waals surface area contributed by atoms with Gasteiger partial charge in [-0.2, -0.15) is 0 Å². The molecule has 4 N–H and O–H groups in total. The van der Waals surface area contributed by atoms with Crippen LogP contribution in [0.1, 0.15) is 17.7 Å². The topological polar surface area (TPSA) is 70.9 Å². The van der Waals surface area contributed by atoms with Crippen molar-refractivity contribution in [3.8, 4) is 0 Å². The summed E-state index contributed by atoms with van der Waals surface area (Å²) in [7, 11) is 0. The Bertz CT molecular complexity index is 620. The third-order valence-electron chi connectivity index (χ3n) is 3.66. The normalized spacial score (nSPS) is 18.7. The van der Waals surface area contributed by atoms with E-state index < -0.39 is 0 Å². The lowest BCUT2D eigenvalue weighted by molar-refractivity contribution is -0.125. The van der Waals surface area contributed by atoms with Crippen LogP contribution in [-0.4, -0.2) is 10.9 Å². The molecule has 0 spiro atoms. The number of carbonyl (C=O) groups excluding carboxylic acids is 1. The third kappa shape index (κ3) is 1.78. The van der Waals surface area contributed by atoms with Gasteiger partial charge < -0.3 is 4.98 Å². The van der Waals surface area contributed by atoms with E-state index in [4.69, 9.17) is 17.4 Å². The van der Waals surface area contributed by atoms with Crippen LogP contribution in [0.3, 0.4) is 0 Å². The van der Waals surface area contributed by atoms with Crippen molar-refractivity contribution >= 4 is 28.4 Å². The fourth-order valence-corrected chi connectivity index (χ4v) is 2.90. The largest absolute Gasteiger partial charge is 0.358 e. The Balaban J connectivity index is 2.05. The van der Waals surface area contributed by atoms with E-state index in [1.165, 1.54) is 11.3 Å². The molecular formula is C13H14ClN3O. The van der Waals surface area contributed by atoms with Crippen LogP contribution >= 0.6 is 11.6 Å². The van der Waals surface area contributed by atoms with Gasteiger partial charge in [-0.3, -0.25) is 10.2 Å². The van der Waals surface area contributed by atoms with Crippen LogP contribution in [0.25, 0.3) is 10.9 Å². The van der Waals surface area contributed by atoms with Gasteiger partial charge in [0.1, 0.15) is 0 Å². The molecule has 94 valence electrons. The van der Waals surface area contributed by atoms with Gasteiger partial charge in [-0.25, -0.2) is 5.84 Å². The van der Waals surface area contributed by atoms with E-state index >= 15 is 0 Å². The highest BCUT2D eigenvalue weighted by Crippen LogP contribution is 2.33. The van der Waals surface area contributed by atoms with Gasteiger partial charge in [0.15, 0.2) is 0 Å². The van der Waals surface area contributed by atoms with Gasteiger partial charge in [-0.1, -0.05) is 11.6 Å². The van der Waals surface area contributed by atoms with E-state index in [-0.39, 0.29) is 11.8 Å². The highest BCUT2D eigenvalue weighted by Gasteiger charge is 2.26. The molecule has 1 aromatic carbocycles. The number of aryl methyl sites for hydroxylation is 1. The van der Waals surface area contributed by atoms with Crippen LogP contribution in [0.2, 0.25) is 5.02 Å². The first-order valence-electron chi connectivity index (χ1n) is 5.98. The van der Waals surface area contributed by atoms with Crippen LogP contribution in [0.15, 0.2) is 18.2 Å². The van der Waals surface area contributed by atoms with Gasteiger partial charge in [0.25, 0.3) is 0 Å². The molecule has 18 heavy (non-hydrogen) atoms. The Labute approximate surface area is 109 Å². The number of benzene rings is 1. The summed E-state index contributed by atoms with van der Waals surface area (Å²) in [5, 5.41) is 1.83. The lowest BCUT2D eigenvalue weighted by Gasteiger charge is -2.20. The summed E-state index contributed by atoms with van der Waals surface area (Å²) in [5.74, 6) is 5.08.